The van der Waals surface area contributed by atoms with Crippen molar-refractivity contribution in [1.29, 1.82) is 0 Å². The van der Waals surface area contributed by atoms with Crippen LogP contribution in [0.3, 0.4) is 0 Å². The minimum absolute atomic E-state index is 0.170. The summed E-state index contributed by atoms with van der Waals surface area (Å²) in [6.45, 7) is 6.46. The van der Waals surface area contributed by atoms with Crippen LogP contribution in [0.25, 0.3) is 0 Å². The van der Waals surface area contributed by atoms with Crippen molar-refractivity contribution in [2.24, 2.45) is 5.92 Å². The second-order valence-corrected chi connectivity index (χ2v) is 6.30. The lowest BCUT2D eigenvalue weighted by Gasteiger charge is -2.42. The standard InChI is InChI=1S/C18H29NO/c1-3-8-18-17(13-15(2)20)11-7-12-19(18)14-16-9-5-4-6-10-16/h4-6,9-10,15,17-18,20H,3,7-8,11-14H2,1-2H3. The molecule has 1 saturated heterocycles. The topological polar surface area (TPSA) is 23.5 Å². The second-order valence-electron chi connectivity index (χ2n) is 6.30. The smallest absolute Gasteiger partial charge is 0.0515 e. The van der Waals surface area contributed by atoms with Crippen LogP contribution in [0.2, 0.25) is 0 Å². The summed E-state index contributed by atoms with van der Waals surface area (Å²) < 4.78 is 0. The molecule has 3 atom stereocenters. The largest absolute Gasteiger partial charge is 0.393 e. The molecule has 0 aromatic heterocycles. The predicted octanol–water partition coefficient (Wildman–Crippen LogP) is 3.84. The van der Waals surface area contributed by atoms with Crippen molar-refractivity contribution in [2.45, 2.75) is 64.6 Å². The van der Waals surface area contributed by atoms with Gasteiger partial charge in [0.05, 0.1) is 6.10 Å². The van der Waals surface area contributed by atoms with E-state index in [0.717, 1.165) is 13.0 Å². The van der Waals surface area contributed by atoms with E-state index in [1.165, 1.54) is 37.8 Å². The number of hydrogen-bond donors (Lipinski definition) is 1. The molecule has 1 heterocycles. The Morgan fingerprint density at radius 2 is 2.05 bits per heavy atom. The number of rotatable bonds is 6. The van der Waals surface area contributed by atoms with Crippen LogP contribution in [-0.4, -0.2) is 28.7 Å². The van der Waals surface area contributed by atoms with Gasteiger partial charge in [0.2, 0.25) is 0 Å². The first-order chi connectivity index (χ1) is 9.70. The van der Waals surface area contributed by atoms with E-state index in [2.05, 4.69) is 42.2 Å². The van der Waals surface area contributed by atoms with Crippen molar-refractivity contribution >= 4 is 0 Å². The normalized spacial score (nSPS) is 25.6. The van der Waals surface area contributed by atoms with Gasteiger partial charge in [-0.2, -0.15) is 0 Å². The quantitative estimate of drug-likeness (QED) is 0.852. The average molecular weight is 275 g/mol. The molecule has 112 valence electrons. The molecule has 1 N–H and O–H groups in total. The Balaban J connectivity index is 2.04. The minimum Gasteiger partial charge on any atom is -0.393 e. The molecule has 20 heavy (non-hydrogen) atoms. The highest BCUT2D eigenvalue weighted by Crippen LogP contribution is 2.31. The zero-order valence-corrected chi connectivity index (χ0v) is 13.0. The Hall–Kier alpha value is -0.860. The summed E-state index contributed by atoms with van der Waals surface area (Å²) in [4.78, 5) is 2.65. The average Bonchev–Trinajstić information content (AvgIpc) is 2.43. The van der Waals surface area contributed by atoms with Gasteiger partial charge < -0.3 is 5.11 Å². The zero-order chi connectivity index (χ0) is 14.4. The highest BCUT2D eigenvalue weighted by molar-refractivity contribution is 5.14. The predicted molar refractivity (Wildman–Crippen MR) is 84.6 cm³/mol. The molecular weight excluding hydrogens is 246 g/mol. The zero-order valence-electron chi connectivity index (χ0n) is 13.0. The van der Waals surface area contributed by atoms with E-state index < -0.39 is 0 Å². The fraction of sp³-hybridized carbons (Fsp3) is 0.667. The summed E-state index contributed by atoms with van der Waals surface area (Å²) in [5, 5.41) is 9.75. The lowest BCUT2D eigenvalue weighted by Crippen LogP contribution is -2.45. The number of benzene rings is 1. The lowest BCUT2D eigenvalue weighted by molar-refractivity contribution is 0.0469. The summed E-state index contributed by atoms with van der Waals surface area (Å²) in [6.07, 6.45) is 5.81. The summed E-state index contributed by atoms with van der Waals surface area (Å²) >= 11 is 0. The van der Waals surface area contributed by atoms with Gasteiger partial charge in [0.25, 0.3) is 0 Å². The Bertz CT molecular complexity index is 376. The lowest BCUT2D eigenvalue weighted by atomic mass is 9.82. The van der Waals surface area contributed by atoms with Gasteiger partial charge in [0, 0.05) is 12.6 Å². The van der Waals surface area contributed by atoms with Crippen molar-refractivity contribution in [1.82, 2.24) is 4.90 Å². The van der Waals surface area contributed by atoms with Crippen LogP contribution in [0, 0.1) is 5.92 Å². The fourth-order valence-electron chi connectivity index (χ4n) is 3.65. The van der Waals surface area contributed by atoms with Gasteiger partial charge in [-0.05, 0) is 50.6 Å². The molecule has 0 aliphatic carbocycles. The van der Waals surface area contributed by atoms with Crippen molar-refractivity contribution in [3.8, 4) is 0 Å². The van der Waals surface area contributed by atoms with E-state index >= 15 is 0 Å². The highest BCUT2D eigenvalue weighted by Gasteiger charge is 2.31. The first-order valence-electron chi connectivity index (χ1n) is 8.16. The molecule has 0 spiro atoms. The number of aliphatic hydroxyl groups excluding tert-OH is 1. The molecule has 0 amide bonds. The third kappa shape index (κ3) is 4.32. The van der Waals surface area contributed by atoms with Crippen LogP contribution in [-0.2, 0) is 6.54 Å². The minimum atomic E-state index is -0.170. The van der Waals surface area contributed by atoms with E-state index in [9.17, 15) is 5.11 Å². The Kier molecular flexibility index (Phi) is 6.06. The molecule has 0 saturated carbocycles. The third-order valence-corrected chi connectivity index (χ3v) is 4.49. The van der Waals surface area contributed by atoms with Gasteiger partial charge >= 0.3 is 0 Å². The van der Waals surface area contributed by atoms with E-state index in [0.29, 0.717) is 12.0 Å². The van der Waals surface area contributed by atoms with Crippen molar-refractivity contribution in [3.63, 3.8) is 0 Å². The number of hydrogen-bond acceptors (Lipinski definition) is 2. The molecule has 3 unspecified atom stereocenters. The van der Waals surface area contributed by atoms with Crippen LogP contribution >= 0.6 is 0 Å². The van der Waals surface area contributed by atoms with Crippen LogP contribution in [0.4, 0.5) is 0 Å². The highest BCUT2D eigenvalue weighted by atomic mass is 16.3. The van der Waals surface area contributed by atoms with Crippen LogP contribution in [0.1, 0.15) is 51.5 Å². The Morgan fingerprint density at radius 3 is 2.70 bits per heavy atom. The molecular formula is C18H29NO. The number of aliphatic hydroxyl groups is 1. The first kappa shape index (κ1) is 15.5. The van der Waals surface area contributed by atoms with E-state index in [1.807, 2.05) is 6.92 Å². The maximum Gasteiger partial charge on any atom is 0.0515 e. The van der Waals surface area contributed by atoms with Crippen molar-refractivity contribution in [3.05, 3.63) is 35.9 Å². The second kappa shape index (κ2) is 7.80. The SMILES string of the molecule is CCCC1C(CC(C)O)CCCN1Cc1ccccc1. The van der Waals surface area contributed by atoms with Gasteiger partial charge in [0.1, 0.15) is 0 Å². The molecule has 1 aromatic carbocycles. The van der Waals surface area contributed by atoms with Gasteiger partial charge in [-0.15, -0.1) is 0 Å². The number of piperidine rings is 1. The van der Waals surface area contributed by atoms with Crippen LogP contribution in [0.15, 0.2) is 30.3 Å². The fourth-order valence-corrected chi connectivity index (χ4v) is 3.65. The number of likely N-dealkylation sites (tertiary alicyclic amines) is 1. The molecule has 0 radical (unpaired) electrons. The summed E-state index contributed by atoms with van der Waals surface area (Å²) in [5.74, 6) is 0.660. The van der Waals surface area contributed by atoms with Crippen molar-refractivity contribution in [2.75, 3.05) is 6.54 Å². The third-order valence-electron chi connectivity index (χ3n) is 4.49. The van der Waals surface area contributed by atoms with Gasteiger partial charge in [-0.3, -0.25) is 4.90 Å². The Morgan fingerprint density at radius 1 is 1.30 bits per heavy atom. The van der Waals surface area contributed by atoms with Crippen molar-refractivity contribution < 1.29 is 5.11 Å². The first-order valence-corrected chi connectivity index (χ1v) is 8.16. The van der Waals surface area contributed by atoms with Crippen LogP contribution < -0.4 is 0 Å². The van der Waals surface area contributed by atoms with Gasteiger partial charge in [-0.1, -0.05) is 43.7 Å². The maximum atomic E-state index is 9.75. The summed E-state index contributed by atoms with van der Waals surface area (Å²) in [5.41, 5.74) is 1.41. The Labute approximate surface area is 123 Å². The number of nitrogens with zero attached hydrogens (tertiary/aromatic N) is 1. The van der Waals surface area contributed by atoms with E-state index in [1.54, 1.807) is 0 Å². The summed E-state index contributed by atoms with van der Waals surface area (Å²) in [6, 6.07) is 11.4. The molecule has 2 rings (SSSR count). The van der Waals surface area contributed by atoms with Crippen LogP contribution in [0.5, 0.6) is 0 Å². The molecule has 0 bridgehead atoms. The monoisotopic (exact) mass is 275 g/mol. The van der Waals surface area contributed by atoms with Gasteiger partial charge in [0.15, 0.2) is 0 Å². The summed E-state index contributed by atoms with van der Waals surface area (Å²) in [7, 11) is 0. The maximum absolute atomic E-state index is 9.75. The van der Waals surface area contributed by atoms with E-state index in [-0.39, 0.29) is 6.10 Å². The van der Waals surface area contributed by atoms with E-state index in [4.69, 9.17) is 0 Å². The molecule has 1 aromatic rings. The molecule has 1 aliphatic rings. The molecule has 1 aliphatic heterocycles. The molecule has 2 nitrogen and oxygen atoms in total. The molecule has 2 heteroatoms. The van der Waals surface area contributed by atoms with Gasteiger partial charge in [-0.25, -0.2) is 0 Å². The molecule has 1 fully saturated rings.